The van der Waals surface area contributed by atoms with E-state index in [1.54, 1.807) is 11.3 Å². The minimum absolute atomic E-state index is 0.537. The second-order valence-electron chi connectivity index (χ2n) is 7.00. The molecule has 0 bridgehead atoms. The number of anilines is 1. The third-order valence-corrected chi connectivity index (χ3v) is 6.00. The molecule has 1 fully saturated rings. The number of thiophene rings is 1. The monoisotopic (exact) mass is 351 g/mol. The Bertz CT molecular complexity index is 835. The van der Waals surface area contributed by atoms with E-state index in [4.69, 9.17) is 9.97 Å². The molecule has 1 aromatic carbocycles. The van der Waals surface area contributed by atoms with Gasteiger partial charge in [0.05, 0.1) is 5.39 Å². The summed E-state index contributed by atoms with van der Waals surface area (Å²) < 4.78 is 0. The third kappa shape index (κ3) is 3.84. The fourth-order valence-corrected chi connectivity index (χ4v) is 4.59. The van der Waals surface area contributed by atoms with Crippen LogP contribution in [0.3, 0.4) is 0 Å². The zero-order valence-corrected chi connectivity index (χ0v) is 15.6. The van der Waals surface area contributed by atoms with E-state index < -0.39 is 0 Å². The van der Waals surface area contributed by atoms with Crippen molar-refractivity contribution in [3.63, 3.8) is 0 Å². The van der Waals surface area contributed by atoms with E-state index in [1.165, 1.54) is 47.9 Å². The summed E-state index contributed by atoms with van der Waals surface area (Å²) >= 11 is 1.78. The first-order valence-electron chi connectivity index (χ1n) is 9.35. The van der Waals surface area contributed by atoms with Crippen LogP contribution in [0.2, 0.25) is 0 Å². The van der Waals surface area contributed by atoms with Gasteiger partial charge in [0.1, 0.15) is 16.5 Å². The lowest BCUT2D eigenvalue weighted by atomic mass is 9.89. The maximum absolute atomic E-state index is 4.95. The Hall–Kier alpha value is -1.94. The van der Waals surface area contributed by atoms with Crippen LogP contribution in [-0.4, -0.2) is 16.5 Å². The highest BCUT2D eigenvalue weighted by Crippen LogP contribution is 2.35. The van der Waals surface area contributed by atoms with Crippen LogP contribution in [-0.2, 0) is 6.42 Å². The van der Waals surface area contributed by atoms with Crippen LogP contribution < -0.4 is 5.32 Å². The second-order valence-corrected chi connectivity index (χ2v) is 8.24. The molecule has 0 unspecified atom stereocenters. The number of benzene rings is 1. The largest absolute Gasteiger partial charge is 0.369 e. The van der Waals surface area contributed by atoms with E-state index in [-0.39, 0.29) is 0 Å². The van der Waals surface area contributed by atoms with Gasteiger partial charge < -0.3 is 5.32 Å². The zero-order valence-electron chi connectivity index (χ0n) is 14.8. The SMILES string of the molecule is Cc1cc2c(NCCc3ccccc3)nc(C3CCCCC3)nc2s1. The Labute approximate surface area is 153 Å². The van der Waals surface area contributed by atoms with E-state index in [2.05, 4.69) is 48.6 Å². The van der Waals surface area contributed by atoms with E-state index >= 15 is 0 Å². The van der Waals surface area contributed by atoms with Crippen molar-refractivity contribution in [3.05, 3.63) is 52.7 Å². The minimum atomic E-state index is 0.537. The summed E-state index contributed by atoms with van der Waals surface area (Å²) in [7, 11) is 0. The predicted octanol–water partition coefficient (Wildman–Crippen LogP) is 5.70. The lowest BCUT2D eigenvalue weighted by Gasteiger charge is -2.21. The van der Waals surface area contributed by atoms with Crippen molar-refractivity contribution in [2.45, 2.75) is 51.4 Å². The molecular weight excluding hydrogens is 326 g/mol. The number of aryl methyl sites for hydroxylation is 1. The normalized spacial score (nSPS) is 15.6. The van der Waals surface area contributed by atoms with Crippen LogP contribution >= 0.6 is 11.3 Å². The summed E-state index contributed by atoms with van der Waals surface area (Å²) in [6.07, 6.45) is 7.46. The molecular formula is C21H25N3S. The first-order valence-corrected chi connectivity index (χ1v) is 10.2. The molecule has 0 aliphatic heterocycles. The van der Waals surface area contributed by atoms with Gasteiger partial charge in [0.25, 0.3) is 0 Å². The highest BCUT2D eigenvalue weighted by molar-refractivity contribution is 7.18. The van der Waals surface area contributed by atoms with Crippen molar-refractivity contribution >= 4 is 27.4 Å². The van der Waals surface area contributed by atoms with Gasteiger partial charge in [0.15, 0.2) is 0 Å². The van der Waals surface area contributed by atoms with Gasteiger partial charge in [-0.25, -0.2) is 9.97 Å². The van der Waals surface area contributed by atoms with Gasteiger partial charge in [0, 0.05) is 17.3 Å². The number of fused-ring (bicyclic) bond motifs is 1. The van der Waals surface area contributed by atoms with Gasteiger partial charge in [-0.2, -0.15) is 0 Å². The zero-order chi connectivity index (χ0) is 17.1. The van der Waals surface area contributed by atoms with E-state index in [0.717, 1.165) is 29.4 Å². The highest BCUT2D eigenvalue weighted by atomic mass is 32.1. The van der Waals surface area contributed by atoms with Gasteiger partial charge in [-0.05, 0) is 37.8 Å². The highest BCUT2D eigenvalue weighted by Gasteiger charge is 2.20. The van der Waals surface area contributed by atoms with Crippen LogP contribution in [0.5, 0.6) is 0 Å². The number of nitrogens with one attached hydrogen (secondary N) is 1. The first kappa shape index (κ1) is 16.5. The number of hydrogen-bond donors (Lipinski definition) is 1. The van der Waals surface area contributed by atoms with Gasteiger partial charge in [-0.1, -0.05) is 49.6 Å². The van der Waals surface area contributed by atoms with Crippen molar-refractivity contribution in [3.8, 4) is 0 Å². The molecule has 1 saturated carbocycles. The fraction of sp³-hybridized carbons (Fsp3) is 0.429. The molecule has 0 radical (unpaired) electrons. The summed E-state index contributed by atoms with van der Waals surface area (Å²) in [6, 6.07) is 12.8. The van der Waals surface area contributed by atoms with Crippen LogP contribution in [0.4, 0.5) is 5.82 Å². The Morgan fingerprint density at radius 1 is 1.08 bits per heavy atom. The molecule has 1 aliphatic carbocycles. The van der Waals surface area contributed by atoms with Crippen molar-refractivity contribution < 1.29 is 0 Å². The molecule has 130 valence electrons. The Kier molecular flexibility index (Phi) is 4.97. The number of aromatic nitrogens is 2. The smallest absolute Gasteiger partial charge is 0.138 e. The Morgan fingerprint density at radius 2 is 1.88 bits per heavy atom. The van der Waals surface area contributed by atoms with Crippen molar-refractivity contribution in [2.75, 3.05) is 11.9 Å². The average Bonchev–Trinajstić information content (AvgIpc) is 3.03. The molecule has 25 heavy (non-hydrogen) atoms. The van der Waals surface area contributed by atoms with Crippen LogP contribution in [0.25, 0.3) is 10.2 Å². The average molecular weight is 352 g/mol. The summed E-state index contributed by atoms with van der Waals surface area (Å²) in [6.45, 7) is 3.05. The Balaban J connectivity index is 1.57. The van der Waals surface area contributed by atoms with Crippen LogP contribution in [0.1, 0.15) is 54.3 Å². The minimum Gasteiger partial charge on any atom is -0.369 e. The van der Waals surface area contributed by atoms with Gasteiger partial charge in [0.2, 0.25) is 0 Å². The van der Waals surface area contributed by atoms with E-state index in [0.29, 0.717) is 5.92 Å². The maximum atomic E-state index is 4.95. The van der Waals surface area contributed by atoms with Crippen LogP contribution in [0.15, 0.2) is 36.4 Å². The molecule has 0 spiro atoms. The fourth-order valence-electron chi connectivity index (χ4n) is 3.71. The summed E-state index contributed by atoms with van der Waals surface area (Å²) in [4.78, 5) is 12.3. The quantitative estimate of drug-likeness (QED) is 0.640. The molecule has 0 amide bonds. The van der Waals surface area contributed by atoms with E-state index in [9.17, 15) is 0 Å². The second kappa shape index (κ2) is 7.52. The molecule has 0 atom stereocenters. The Morgan fingerprint density at radius 3 is 2.68 bits per heavy atom. The van der Waals surface area contributed by atoms with Crippen molar-refractivity contribution in [1.82, 2.24) is 9.97 Å². The molecule has 2 heterocycles. The molecule has 0 saturated heterocycles. The first-order chi connectivity index (χ1) is 12.3. The van der Waals surface area contributed by atoms with Crippen molar-refractivity contribution in [1.29, 1.82) is 0 Å². The van der Waals surface area contributed by atoms with Gasteiger partial charge >= 0.3 is 0 Å². The van der Waals surface area contributed by atoms with Gasteiger partial charge in [-0.15, -0.1) is 11.3 Å². The van der Waals surface area contributed by atoms with Gasteiger partial charge in [-0.3, -0.25) is 0 Å². The molecule has 1 aliphatic rings. The molecule has 3 aromatic rings. The number of nitrogens with zero attached hydrogens (tertiary/aromatic N) is 2. The maximum Gasteiger partial charge on any atom is 0.138 e. The summed E-state index contributed by atoms with van der Waals surface area (Å²) in [5.74, 6) is 2.61. The molecule has 4 rings (SSSR count). The summed E-state index contributed by atoms with van der Waals surface area (Å²) in [5.41, 5.74) is 1.36. The van der Waals surface area contributed by atoms with Crippen molar-refractivity contribution in [2.24, 2.45) is 0 Å². The topological polar surface area (TPSA) is 37.8 Å². The predicted molar refractivity (Wildman–Crippen MR) is 107 cm³/mol. The standard InChI is InChI=1S/C21H25N3S/c1-15-14-18-20(22-13-12-16-8-4-2-5-9-16)23-19(24-21(18)25-15)17-10-6-3-7-11-17/h2,4-5,8-9,14,17H,3,6-7,10-13H2,1H3,(H,22,23,24). The summed E-state index contributed by atoms with van der Waals surface area (Å²) in [5, 5.41) is 4.76. The number of hydrogen-bond acceptors (Lipinski definition) is 4. The molecule has 2 aromatic heterocycles. The molecule has 1 N–H and O–H groups in total. The molecule has 4 heteroatoms. The van der Waals surface area contributed by atoms with Crippen LogP contribution in [0, 0.1) is 6.92 Å². The molecule has 3 nitrogen and oxygen atoms in total. The lowest BCUT2D eigenvalue weighted by Crippen LogP contribution is -2.12. The third-order valence-electron chi connectivity index (χ3n) is 5.05. The lowest BCUT2D eigenvalue weighted by molar-refractivity contribution is 0.430. The van der Waals surface area contributed by atoms with E-state index in [1.807, 2.05) is 0 Å². The number of rotatable bonds is 5.